The average molecular weight is 253 g/mol. The van der Waals surface area contributed by atoms with Crippen LogP contribution in [0, 0.1) is 11.6 Å². The SMILES string of the molecule is COCCc1[nH]nc(N)c1-c1cc(F)cc(F)c1. The maximum absolute atomic E-state index is 13.2. The molecule has 96 valence electrons. The Labute approximate surface area is 103 Å². The lowest BCUT2D eigenvalue weighted by Crippen LogP contribution is -1.98. The number of ether oxygens (including phenoxy) is 1. The van der Waals surface area contributed by atoms with Gasteiger partial charge in [-0.15, -0.1) is 0 Å². The van der Waals surface area contributed by atoms with Gasteiger partial charge in [-0.3, -0.25) is 5.10 Å². The predicted molar refractivity (Wildman–Crippen MR) is 63.9 cm³/mol. The second-order valence-corrected chi connectivity index (χ2v) is 3.86. The maximum atomic E-state index is 13.2. The fraction of sp³-hybridized carbons (Fsp3) is 0.250. The van der Waals surface area contributed by atoms with Gasteiger partial charge in [0.15, 0.2) is 5.82 Å². The standard InChI is InChI=1S/C12H13F2N3O/c1-18-3-2-10-11(12(15)17-16-10)7-4-8(13)6-9(14)5-7/h4-6H,2-3H2,1H3,(H3,15,16,17). The van der Waals surface area contributed by atoms with Crippen LogP contribution < -0.4 is 5.73 Å². The molecular formula is C12H13F2N3O. The first-order valence-corrected chi connectivity index (χ1v) is 5.40. The lowest BCUT2D eigenvalue weighted by atomic mass is 10.0. The first-order chi connectivity index (χ1) is 8.61. The molecule has 0 radical (unpaired) electrons. The van der Waals surface area contributed by atoms with Gasteiger partial charge in [0.25, 0.3) is 0 Å². The minimum absolute atomic E-state index is 0.214. The third kappa shape index (κ3) is 2.48. The molecular weight excluding hydrogens is 240 g/mol. The second-order valence-electron chi connectivity index (χ2n) is 3.86. The molecule has 0 saturated heterocycles. The lowest BCUT2D eigenvalue weighted by Gasteiger charge is -2.05. The van der Waals surface area contributed by atoms with Gasteiger partial charge >= 0.3 is 0 Å². The number of benzene rings is 1. The molecule has 1 heterocycles. The van der Waals surface area contributed by atoms with Crippen molar-refractivity contribution in [3.05, 3.63) is 35.5 Å². The molecule has 3 N–H and O–H groups in total. The minimum atomic E-state index is -0.650. The van der Waals surface area contributed by atoms with E-state index in [4.69, 9.17) is 10.5 Å². The molecule has 1 aromatic carbocycles. The molecule has 6 heteroatoms. The number of aromatic nitrogens is 2. The van der Waals surface area contributed by atoms with Gasteiger partial charge in [0.1, 0.15) is 11.6 Å². The van der Waals surface area contributed by atoms with Crippen LogP contribution in [0.3, 0.4) is 0 Å². The Bertz CT molecular complexity index is 534. The molecule has 0 unspecified atom stereocenters. The number of anilines is 1. The van der Waals surface area contributed by atoms with E-state index >= 15 is 0 Å². The first-order valence-electron chi connectivity index (χ1n) is 5.40. The number of methoxy groups -OCH3 is 1. The van der Waals surface area contributed by atoms with Crippen molar-refractivity contribution in [3.8, 4) is 11.1 Å². The summed E-state index contributed by atoms with van der Waals surface area (Å²) >= 11 is 0. The van der Waals surface area contributed by atoms with Crippen molar-refractivity contribution < 1.29 is 13.5 Å². The number of hydrogen-bond acceptors (Lipinski definition) is 3. The second kappa shape index (κ2) is 5.14. The van der Waals surface area contributed by atoms with Crippen molar-refractivity contribution in [2.45, 2.75) is 6.42 Å². The van der Waals surface area contributed by atoms with Crippen LogP contribution in [-0.4, -0.2) is 23.9 Å². The molecule has 4 nitrogen and oxygen atoms in total. The summed E-state index contributed by atoms with van der Waals surface area (Å²) in [5.74, 6) is -1.09. The molecule has 0 amide bonds. The van der Waals surface area contributed by atoms with Gasteiger partial charge in [-0.2, -0.15) is 5.10 Å². The number of rotatable bonds is 4. The molecule has 0 aliphatic carbocycles. The maximum Gasteiger partial charge on any atom is 0.153 e. The van der Waals surface area contributed by atoms with E-state index in [1.165, 1.54) is 12.1 Å². The quantitative estimate of drug-likeness (QED) is 0.877. The predicted octanol–water partition coefficient (Wildman–Crippen LogP) is 2.13. The zero-order valence-electron chi connectivity index (χ0n) is 9.84. The Morgan fingerprint density at radius 1 is 1.28 bits per heavy atom. The minimum Gasteiger partial charge on any atom is -0.384 e. The Hall–Kier alpha value is -1.95. The molecule has 0 bridgehead atoms. The summed E-state index contributed by atoms with van der Waals surface area (Å²) in [4.78, 5) is 0. The van der Waals surface area contributed by atoms with Crippen molar-refractivity contribution in [1.29, 1.82) is 0 Å². The highest BCUT2D eigenvalue weighted by molar-refractivity contribution is 5.76. The fourth-order valence-corrected chi connectivity index (χ4v) is 1.80. The van der Waals surface area contributed by atoms with Gasteiger partial charge in [-0.25, -0.2) is 8.78 Å². The summed E-state index contributed by atoms with van der Waals surface area (Å²) < 4.78 is 31.4. The van der Waals surface area contributed by atoms with Gasteiger partial charge < -0.3 is 10.5 Å². The lowest BCUT2D eigenvalue weighted by molar-refractivity contribution is 0.201. The Kier molecular flexibility index (Phi) is 3.57. The van der Waals surface area contributed by atoms with Gasteiger partial charge in [-0.1, -0.05) is 0 Å². The van der Waals surface area contributed by atoms with E-state index < -0.39 is 11.6 Å². The van der Waals surface area contributed by atoms with Gasteiger partial charge in [0, 0.05) is 30.9 Å². The van der Waals surface area contributed by atoms with Crippen LogP contribution in [-0.2, 0) is 11.2 Å². The average Bonchev–Trinajstić information content (AvgIpc) is 2.66. The summed E-state index contributed by atoms with van der Waals surface area (Å²) in [6.45, 7) is 0.465. The molecule has 2 rings (SSSR count). The number of aromatic amines is 1. The Morgan fingerprint density at radius 2 is 1.94 bits per heavy atom. The third-order valence-electron chi connectivity index (χ3n) is 2.58. The zero-order valence-corrected chi connectivity index (χ0v) is 9.84. The summed E-state index contributed by atoms with van der Waals surface area (Å²) in [5, 5.41) is 6.60. The molecule has 0 aliphatic rings. The summed E-state index contributed by atoms with van der Waals surface area (Å²) in [6.07, 6.45) is 0.536. The van der Waals surface area contributed by atoms with E-state index in [1.54, 1.807) is 7.11 Å². The van der Waals surface area contributed by atoms with Crippen LogP contribution in [0.25, 0.3) is 11.1 Å². The van der Waals surface area contributed by atoms with Crippen LogP contribution in [0.15, 0.2) is 18.2 Å². The molecule has 0 saturated carbocycles. The molecule has 18 heavy (non-hydrogen) atoms. The van der Waals surface area contributed by atoms with Crippen LogP contribution in [0.2, 0.25) is 0 Å². The van der Waals surface area contributed by atoms with Crippen LogP contribution in [0.4, 0.5) is 14.6 Å². The number of nitrogens with two attached hydrogens (primary N) is 1. The summed E-state index contributed by atoms with van der Waals surface area (Å²) in [5.41, 5.74) is 7.30. The van der Waals surface area contributed by atoms with E-state index in [0.717, 1.165) is 6.07 Å². The topological polar surface area (TPSA) is 63.9 Å². The van der Waals surface area contributed by atoms with Crippen molar-refractivity contribution in [2.75, 3.05) is 19.5 Å². The normalized spacial score (nSPS) is 10.8. The molecule has 0 atom stereocenters. The Morgan fingerprint density at radius 3 is 2.56 bits per heavy atom. The van der Waals surface area contributed by atoms with Crippen molar-refractivity contribution >= 4 is 5.82 Å². The highest BCUT2D eigenvalue weighted by Gasteiger charge is 2.14. The van der Waals surface area contributed by atoms with Crippen LogP contribution in [0.5, 0.6) is 0 Å². The Balaban J connectivity index is 2.45. The smallest absolute Gasteiger partial charge is 0.153 e. The van der Waals surface area contributed by atoms with E-state index in [0.29, 0.717) is 29.8 Å². The molecule has 1 aromatic heterocycles. The van der Waals surface area contributed by atoms with Gasteiger partial charge in [0.05, 0.1) is 6.61 Å². The zero-order chi connectivity index (χ0) is 13.1. The van der Waals surface area contributed by atoms with Crippen molar-refractivity contribution in [2.24, 2.45) is 0 Å². The van der Waals surface area contributed by atoms with Gasteiger partial charge in [-0.05, 0) is 17.7 Å². The molecule has 0 fully saturated rings. The fourth-order valence-electron chi connectivity index (χ4n) is 1.80. The molecule has 0 spiro atoms. The van der Waals surface area contributed by atoms with E-state index in [9.17, 15) is 8.78 Å². The first kappa shape index (κ1) is 12.5. The van der Waals surface area contributed by atoms with Gasteiger partial charge in [0.2, 0.25) is 0 Å². The number of hydrogen-bond donors (Lipinski definition) is 2. The number of H-pyrrole nitrogens is 1. The van der Waals surface area contributed by atoms with Crippen LogP contribution >= 0.6 is 0 Å². The number of nitrogens with one attached hydrogen (secondary N) is 1. The van der Waals surface area contributed by atoms with E-state index in [1.807, 2.05) is 0 Å². The highest BCUT2D eigenvalue weighted by atomic mass is 19.1. The van der Waals surface area contributed by atoms with Crippen LogP contribution in [0.1, 0.15) is 5.69 Å². The summed E-state index contributed by atoms with van der Waals surface area (Å²) in [6, 6.07) is 3.26. The monoisotopic (exact) mass is 253 g/mol. The van der Waals surface area contributed by atoms with Crippen molar-refractivity contribution in [3.63, 3.8) is 0 Å². The number of halogens is 2. The highest BCUT2D eigenvalue weighted by Crippen LogP contribution is 2.29. The summed E-state index contributed by atoms with van der Waals surface area (Å²) in [7, 11) is 1.57. The molecule has 0 aliphatic heterocycles. The third-order valence-corrected chi connectivity index (χ3v) is 2.58. The number of nitrogen functional groups attached to an aromatic ring is 1. The van der Waals surface area contributed by atoms with E-state index in [2.05, 4.69) is 10.2 Å². The largest absolute Gasteiger partial charge is 0.384 e. The number of nitrogens with zero attached hydrogens (tertiary/aromatic N) is 1. The van der Waals surface area contributed by atoms with E-state index in [-0.39, 0.29) is 5.82 Å². The van der Waals surface area contributed by atoms with Crippen molar-refractivity contribution in [1.82, 2.24) is 10.2 Å². The molecule has 2 aromatic rings.